The molecule has 10 nitrogen and oxygen atoms in total. The highest BCUT2D eigenvalue weighted by Gasteiger charge is 2.34. The number of rotatable bonds is 7. The van der Waals surface area contributed by atoms with Crippen LogP contribution < -0.4 is 0 Å². The molecule has 0 radical (unpaired) electrons. The van der Waals surface area contributed by atoms with E-state index in [2.05, 4.69) is 35.0 Å². The van der Waals surface area contributed by atoms with Gasteiger partial charge in [0.2, 0.25) is 11.8 Å². The second-order valence-electron chi connectivity index (χ2n) is 14.1. The minimum Gasteiger partial charge on any atom is -0.378 e. The standard InChI is InChI=1S/C40H48N6O4/c1-27-34-23-31(9-10-35(34)41-38(27)26-50-3)37-25-32(24-36(42-37)29-7-5-4-6-8-29)40(49)46-21-19-44(20-22-46)33-13-17-45(18-14-33)39(48)30-11-15-43(16-12-30)28(2)47/h4-10,23-25,30,33,41H,11-22,26H2,1-3H3. The number of hydrogen-bond acceptors (Lipinski definition) is 6. The van der Waals surface area contributed by atoms with Gasteiger partial charge in [0.25, 0.3) is 5.91 Å². The maximum Gasteiger partial charge on any atom is 0.254 e. The number of nitrogens with zero attached hydrogens (tertiary/aromatic N) is 5. The van der Waals surface area contributed by atoms with Crippen molar-refractivity contribution < 1.29 is 19.1 Å². The lowest BCUT2D eigenvalue weighted by Gasteiger charge is -2.43. The Morgan fingerprint density at radius 2 is 1.44 bits per heavy atom. The fraction of sp³-hybridized carbons (Fsp3) is 0.450. The summed E-state index contributed by atoms with van der Waals surface area (Å²) in [4.78, 5) is 55.9. The molecule has 0 spiro atoms. The first-order valence-corrected chi connectivity index (χ1v) is 18.0. The van der Waals surface area contributed by atoms with Gasteiger partial charge in [0.1, 0.15) is 0 Å². The van der Waals surface area contributed by atoms with Gasteiger partial charge in [-0.3, -0.25) is 19.3 Å². The van der Waals surface area contributed by atoms with Crippen LogP contribution in [0, 0.1) is 12.8 Å². The van der Waals surface area contributed by atoms with Crippen LogP contribution >= 0.6 is 0 Å². The number of likely N-dealkylation sites (tertiary alicyclic amines) is 2. The lowest BCUT2D eigenvalue weighted by atomic mass is 9.93. The number of carbonyl (C=O) groups is 3. The molecule has 50 heavy (non-hydrogen) atoms. The van der Waals surface area contributed by atoms with E-state index in [1.54, 1.807) is 14.0 Å². The maximum absolute atomic E-state index is 14.1. The van der Waals surface area contributed by atoms with E-state index >= 15 is 0 Å². The van der Waals surface area contributed by atoms with Crippen molar-refractivity contribution in [1.82, 2.24) is 29.6 Å². The number of benzene rings is 2. The van der Waals surface area contributed by atoms with Crippen molar-refractivity contribution in [3.05, 3.63) is 77.5 Å². The van der Waals surface area contributed by atoms with Crippen LogP contribution in [0.2, 0.25) is 0 Å². The second kappa shape index (κ2) is 14.7. The first kappa shape index (κ1) is 33.9. The van der Waals surface area contributed by atoms with E-state index in [-0.39, 0.29) is 23.6 Å². The van der Waals surface area contributed by atoms with Crippen LogP contribution in [-0.4, -0.2) is 113 Å². The number of fused-ring (bicyclic) bond motifs is 1. The second-order valence-corrected chi connectivity index (χ2v) is 14.1. The number of methoxy groups -OCH3 is 1. The third-order valence-corrected chi connectivity index (χ3v) is 11.1. The summed E-state index contributed by atoms with van der Waals surface area (Å²) in [5.41, 5.74) is 7.40. The highest BCUT2D eigenvalue weighted by atomic mass is 16.5. The Bertz CT molecular complexity index is 1850. The predicted molar refractivity (Wildman–Crippen MR) is 194 cm³/mol. The summed E-state index contributed by atoms with van der Waals surface area (Å²) in [6.45, 7) is 10.1. The molecule has 262 valence electrons. The Morgan fingerprint density at radius 3 is 2.10 bits per heavy atom. The minimum absolute atomic E-state index is 0.0298. The molecule has 3 saturated heterocycles. The minimum atomic E-state index is 0.0298. The van der Waals surface area contributed by atoms with Crippen molar-refractivity contribution in [2.75, 3.05) is 59.5 Å². The number of nitrogens with one attached hydrogen (secondary N) is 1. The molecule has 0 saturated carbocycles. The molecule has 3 amide bonds. The number of aromatic nitrogens is 2. The number of aryl methyl sites for hydroxylation is 1. The average Bonchev–Trinajstić information content (AvgIpc) is 3.48. The summed E-state index contributed by atoms with van der Waals surface area (Å²) < 4.78 is 5.39. The topological polar surface area (TPSA) is 102 Å². The molecule has 3 fully saturated rings. The number of amides is 3. The quantitative estimate of drug-likeness (QED) is 0.283. The molecule has 2 aromatic carbocycles. The number of H-pyrrole nitrogens is 1. The smallest absolute Gasteiger partial charge is 0.254 e. The van der Waals surface area contributed by atoms with Gasteiger partial charge in [-0.05, 0) is 62.4 Å². The molecule has 3 aliphatic heterocycles. The molecule has 2 aromatic heterocycles. The molecule has 3 aliphatic rings. The van der Waals surface area contributed by atoms with Gasteiger partial charge in [-0.1, -0.05) is 36.4 Å². The summed E-state index contributed by atoms with van der Waals surface area (Å²) in [5.74, 6) is 0.414. The Morgan fingerprint density at radius 1 is 0.780 bits per heavy atom. The molecule has 0 bridgehead atoms. The van der Waals surface area contributed by atoms with E-state index in [0.717, 1.165) is 96.5 Å². The Hall–Kier alpha value is -4.54. The zero-order valence-electron chi connectivity index (χ0n) is 29.5. The molecule has 10 heteroatoms. The number of piperazine rings is 1. The van der Waals surface area contributed by atoms with E-state index in [0.29, 0.717) is 44.4 Å². The molecular weight excluding hydrogens is 628 g/mol. The van der Waals surface area contributed by atoms with E-state index in [9.17, 15) is 14.4 Å². The van der Waals surface area contributed by atoms with Gasteiger partial charge >= 0.3 is 0 Å². The fourth-order valence-electron chi connectivity index (χ4n) is 8.01. The van der Waals surface area contributed by atoms with Gasteiger partial charge < -0.3 is 24.4 Å². The lowest BCUT2D eigenvalue weighted by Crippen LogP contribution is -2.55. The summed E-state index contributed by atoms with van der Waals surface area (Å²) in [7, 11) is 1.70. The summed E-state index contributed by atoms with van der Waals surface area (Å²) in [5, 5.41) is 1.12. The Labute approximate surface area is 294 Å². The van der Waals surface area contributed by atoms with Crippen molar-refractivity contribution in [2.45, 2.75) is 52.2 Å². The molecule has 1 N–H and O–H groups in total. The van der Waals surface area contributed by atoms with Crippen molar-refractivity contribution in [3.63, 3.8) is 0 Å². The van der Waals surface area contributed by atoms with E-state index in [4.69, 9.17) is 9.72 Å². The lowest BCUT2D eigenvalue weighted by molar-refractivity contribution is -0.141. The zero-order valence-corrected chi connectivity index (χ0v) is 29.5. The Kier molecular flexibility index (Phi) is 10.0. The van der Waals surface area contributed by atoms with Gasteiger partial charge in [-0.2, -0.15) is 0 Å². The molecule has 0 aliphatic carbocycles. The highest BCUT2D eigenvalue weighted by molar-refractivity contribution is 5.97. The van der Waals surface area contributed by atoms with Crippen molar-refractivity contribution in [3.8, 4) is 22.5 Å². The van der Waals surface area contributed by atoms with Crippen LogP contribution in [0.4, 0.5) is 0 Å². The number of hydrogen-bond donors (Lipinski definition) is 1. The average molecular weight is 677 g/mol. The fourth-order valence-corrected chi connectivity index (χ4v) is 8.01. The third-order valence-electron chi connectivity index (χ3n) is 11.1. The number of pyridine rings is 1. The van der Waals surface area contributed by atoms with Crippen LogP contribution in [0.15, 0.2) is 60.7 Å². The number of aromatic amines is 1. The predicted octanol–water partition coefficient (Wildman–Crippen LogP) is 5.36. The zero-order chi connectivity index (χ0) is 34.8. The first-order valence-electron chi connectivity index (χ1n) is 18.0. The summed E-state index contributed by atoms with van der Waals surface area (Å²) >= 11 is 0. The molecule has 7 rings (SSSR count). The third kappa shape index (κ3) is 7.04. The normalized spacial score (nSPS) is 18.2. The van der Waals surface area contributed by atoms with Crippen molar-refractivity contribution in [2.24, 2.45) is 5.92 Å². The summed E-state index contributed by atoms with van der Waals surface area (Å²) in [6.07, 6.45) is 3.44. The molecular formula is C40H48N6O4. The molecule has 5 heterocycles. The van der Waals surface area contributed by atoms with E-state index < -0.39 is 0 Å². The van der Waals surface area contributed by atoms with Crippen LogP contribution in [-0.2, 0) is 20.9 Å². The van der Waals surface area contributed by atoms with Crippen LogP contribution in [0.1, 0.15) is 54.2 Å². The van der Waals surface area contributed by atoms with Gasteiger partial charge in [0, 0.05) is 112 Å². The molecule has 4 aromatic rings. The maximum atomic E-state index is 14.1. The number of piperidine rings is 2. The number of ether oxygens (including phenoxy) is 1. The van der Waals surface area contributed by atoms with Gasteiger partial charge in [-0.15, -0.1) is 0 Å². The van der Waals surface area contributed by atoms with Gasteiger partial charge in [-0.25, -0.2) is 4.98 Å². The first-order chi connectivity index (χ1) is 24.3. The van der Waals surface area contributed by atoms with Crippen molar-refractivity contribution >= 4 is 28.6 Å². The van der Waals surface area contributed by atoms with Crippen LogP contribution in [0.5, 0.6) is 0 Å². The summed E-state index contributed by atoms with van der Waals surface area (Å²) in [6, 6.07) is 20.6. The van der Waals surface area contributed by atoms with E-state index in [1.807, 2.05) is 57.2 Å². The largest absolute Gasteiger partial charge is 0.378 e. The van der Waals surface area contributed by atoms with Gasteiger partial charge in [0.05, 0.1) is 18.0 Å². The molecule has 0 atom stereocenters. The monoisotopic (exact) mass is 676 g/mol. The van der Waals surface area contributed by atoms with Crippen molar-refractivity contribution in [1.29, 1.82) is 0 Å². The Balaban J connectivity index is 1.01. The van der Waals surface area contributed by atoms with Crippen LogP contribution in [0.25, 0.3) is 33.4 Å². The van der Waals surface area contributed by atoms with E-state index in [1.165, 1.54) is 0 Å². The number of carbonyl (C=O) groups excluding carboxylic acids is 3. The SMILES string of the molecule is COCc1[nH]c2ccc(-c3cc(C(=O)N4CCN(C5CCN(C(=O)C6CCN(C(C)=O)CC6)CC5)CC4)cc(-c4ccccc4)n3)cc2c1C. The molecule has 0 unspecified atom stereocenters. The highest BCUT2D eigenvalue weighted by Crippen LogP contribution is 2.31. The van der Waals surface area contributed by atoms with Gasteiger partial charge in [0.15, 0.2) is 0 Å². The van der Waals surface area contributed by atoms with Crippen LogP contribution in [0.3, 0.4) is 0 Å².